The van der Waals surface area contributed by atoms with Crippen LogP contribution < -0.4 is 0 Å². The lowest BCUT2D eigenvalue weighted by Gasteiger charge is -2.12. The Hall–Kier alpha value is -7.11. The highest BCUT2D eigenvalue weighted by Crippen LogP contribution is 2.43. The summed E-state index contributed by atoms with van der Waals surface area (Å²) >= 11 is 0. The SMILES string of the molecule is c1ccc(-c2cc(-c3nc(-c4ccc5ccccc5c4)nc(-c4cccc5oc6ccccc6c45)n3)c3c(c2)oc2ccc4ccccc4c23)cc1. The number of hydrogen-bond acceptors (Lipinski definition) is 5. The van der Waals surface area contributed by atoms with Crippen molar-refractivity contribution >= 4 is 65.4 Å². The summed E-state index contributed by atoms with van der Waals surface area (Å²) in [6.07, 6.45) is 0. The number of rotatable bonds is 4. The highest BCUT2D eigenvalue weighted by atomic mass is 16.3. The van der Waals surface area contributed by atoms with E-state index in [1.165, 1.54) is 0 Å². The van der Waals surface area contributed by atoms with Crippen molar-refractivity contribution in [2.45, 2.75) is 0 Å². The molecule has 242 valence electrons. The molecule has 8 aromatic carbocycles. The fourth-order valence-electron chi connectivity index (χ4n) is 7.68. The molecule has 52 heavy (non-hydrogen) atoms. The molecular weight excluding hydrogens is 639 g/mol. The number of hydrogen-bond donors (Lipinski definition) is 0. The topological polar surface area (TPSA) is 65.0 Å². The summed E-state index contributed by atoms with van der Waals surface area (Å²) in [4.78, 5) is 15.9. The zero-order valence-corrected chi connectivity index (χ0v) is 27.7. The van der Waals surface area contributed by atoms with Crippen LogP contribution in [0.25, 0.3) is 111 Å². The van der Waals surface area contributed by atoms with Gasteiger partial charge in [-0.1, -0.05) is 127 Å². The normalized spacial score (nSPS) is 11.8. The van der Waals surface area contributed by atoms with Crippen molar-refractivity contribution in [1.82, 2.24) is 15.0 Å². The average molecular weight is 666 g/mol. The number of para-hydroxylation sites is 1. The Kier molecular flexibility index (Phi) is 6.18. The van der Waals surface area contributed by atoms with E-state index >= 15 is 0 Å². The highest BCUT2D eigenvalue weighted by molar-refractivity contribution is 6.23. The molecule has 0 fully saturated rings. The maximum Gasteiger partial charge on any atom is 0.164 e. The third-order valence-corrected chi connectivity index (χ3v) is 10.1. The second kappa shape index (κ2) is 11.2. The Morgan fingerprint density at radius 1 is 0.308 bits per heavy atom. The Bertz CT molecular complexity index is 3190. The van der Waals surface area contributed by atoms with E-state index in [0.29, 0.717) is 17.5 Å². The number of benzene rings is 8. The van der Waals surface area contributed by atoms with Crippen molar-refractivity contribution in [3.63, 3.8) is 0 Å². The van der Waals surface area contributed by atoms with Crippen molar-refractivity contribution in [1.29, 1.82) is 0 Å². The highest BCUT2D eigenvalue weighted by Gasteiger charge is 2.22. The van der Waals surface area contributed by atoms with Gasteiger partial charge in [0.05, 0.1) is 0 Å². The van der Waals surface area contributed by atoms with Crippen molar-refractivity contribution < 1.29 is 8.83 Å². The fraction of sp³-hybridized carbons (Fsp3) is 0. The molecule has 0 aliphatic heterocycles. The van der Waals surface area contributed by atoms with Gasteiger partial charge in [0.25, 0.3) is 0 Å². The minimum Gasteiger partial charge on any atom is -0.456 e. The second-order valence-corrected chi connectivity index (χ2v) is 13.2. The first-order chi connectivity index (χ1) is 25.7. The molecule has 0 radical (unpaired) electrons. The van der Waals surface area contributed by atoms with Crippen LogP contribution >= 0.6 is 0 Å². The molecule has 0 saturated heterocycles. The smallest absolute Gasteiger partial charge is 0.164 e. The van der Waals surface area contributed by atoms with E-state index in [1.807, 2.05) is 36.4 Å². The van der Waals surface area contributed by atoms with Crippen LogP contribution in [0, 0.1) is 0 Å². The Morgan fingerprint density at radius 2 is 0.962 bits per heavy atom. The van der Waals surface area contributed by atoms with Crippen molar-refractivity contribution in [2.24, 2.45) is 0 Å². The van der Waals surface area contributed by atoms with E-state index < -0.39 is 0 Å². The van der Waals surface area contributed by atoms with E-state index in [9.17, 15) is 0 Å². The zero-order valence-electron chi connectivity index (χ0n) is 27.7. The quantitative estimate of drug-likeness (QED) is 0.187. The van der Waals surface area contributed by atoms with E-state index in [1.54, 1.807) is 0 Å². The minimum atomic E-state index is 0.566. The molecular formula is C47H27N3O2. The van der Waals surface area contributed by atoms with Gasteiger partial charge in [0, 0.05) is 38.2 Å². The molecule has 11 rings (SSSR count). The molecule has 0 bridgehead atoms. The van der Waals surface area contributed by atoms with Crippen LogP contribution in [-0.2, 0) is 0 Å². The first-order valence-corrected chi connectivity index (χ1v) is 17.3. The molecule has 0 amide bonds. The van der Waals surface area contributed by atoms with Crippen LogP contribution in [0.1, 0.15) is 0 Å². The van der Waals surface area contributed by atoms with Gasteiger partial charge in [-0.25, -0.2) is 15.0 Å². The van der Waals surface area contributed by atoms with Crippen LogP contribution in [0.2, 0.25) is 0 Å². The standard InChI is InChI=1S/C47H27N3O2/c1-2-11-28(12-3-1)33-26-37(44-41(27-33)52-40-24-23-30-14-6-7-16-34(30)43(40)44)47-49-45(32-22-21-29-13-4-5-15-31(29)25-32)48-46(50-47)36-18-10-20-39-42(36)35-17-8-9-19-38(35)51-39/h1-27H. The lowest BCUT2D eigenvalue weighted by atomic mass is 9.96. The molecule has 0 unspecified atom stereocenters. The molecule has 0 atom stereocenters. The third kappa shape index (κ3) is 4.46. The summed E-state index contributed by atoms with van der Waals surface area (Å²) in [6, 6.07) is 56.3. The molecule has 3 aromatic heterocycles. The van der Waals surface area contributed by atoms with Crippen LogP contribution in [-0.4, -0.2) is 15.0 Å². The maximum absolute atomic E-state index is 6.67. The van der Waals surface area contributed by atoms with Crippen molar-refractivity contribution in [3.8, 4) is 45.3 Å². The van der Waals surface area contributed by atoms with Gasteiger partial charge in [-0.3, -0.25) is 0 Å². The predicted octanol–water partition coefficient (Wildman–Crippen LogP) is 12.6. The van der Waals surface area contributed by atoms with Gasteiger partial charge in [0.2, 0.25) is 0 Å². The van der Waals surface area contributed by atoms with Crippen molar-refractivity contribution in [2.75, 3.05) is 0 Å². The summed E-state index contributed by atoms with van der Waals surface area (Å²) < 4.78 is 13.0. The van der Waals surface area contributed by atoms with Gasteiger partial charge < -0.3 is 8.83 Å². The van der Waals surface area contributed by atoms with E-state index in [0.717, 1.165) is 93.2 Å². The molecule has 0 aliphatic carbocycles. The molecule has 3 heterocycles. The Balaban J connectivity index is 1.27. The fourth-order valence-corrected chi connectivity index (χ4v) is 7.68. The lowest BCUT2D eigenvalue weighted by Crippen LogP contribution is -2.01. The van der Waals surface area contributed by atoms with E-state index in [-0.39, 0.29) is 0 Å². The molecule has 5 heteroatoms. The van der Waals surface area contributed by atoms with Crippen molar-refractivity contribution in [3.05, 3.63) is 164 Å². The average Bonchev–Trinajstić information content (AvgIpc) is 3.79. The predicted molar refractivity (Wildman–Crippen MR) is 211 cm³/mol. The summed E-state index contributed by atoms with van der Waals surface area (Å²) in [5.41, 5.74) is 7.96. The summed E-state index contributed by atoms with van der Waals surface area (Å²) in [5.74, 6) is 1.73. The summed E-state index contributed by atoms with van der Waals surface area (Å²) in [5, 5.41) is 8.54. The monoisotopic (exact) mass is 665 g/mol. The largest absolute Gasteiger partial charge is 0.456 e. The Morgan fingerprint density at radius 3 is 1.85 bits per heavy atom. The third-order valence-electron chi connectivity index (χ3n) is 10.1. The number of fused-ring (bicyclic) bond motifs is 9. The lowest BCUT2D eigenvalue weighted by molar-refractivity contribution is 0.669. The summed E-state index contributed by atoms with van der Waals surface area (Å²) in [7, 11) is 0. The van der Waals surface area contributed by atoms with Gasteiger partial charge in [-0.15, -0.1) is 0 Å². The maximum atomic E-state index is 6.67. The second-order valence-electron chi connectivity index (χ2n) is 13.2. The molecule has 0 N–H and O–H groups in total. The van der Waals surface area contributed by atoms with E-state index in [2.05, 4.69) is 127 Å². The molecule has 0 saturated carbocycles. The van der Waals surface area contributed by atoms with Crippen LogP contribution in [0.3, 0.4) is 0 Å². The number of aromatic nitrogens is 3. The molecule has 11 aromatic rings. The van der Waals surface area contributed by atoms with Gasteiger partial charge in [0.15, 0.2) is 17.5 Å². The van der Waals surface area contributed by atoms with Gasteiger partial charge in [-0.05, 0) is 69.1 Å². The van der Waals surface area contributed by atoms with Crippen LogP contribution in [0.15, 0.2) is 173 Å². The van der Waals surface area contributed by atoms with Gasteiger partial charge >= 0.3 is 0 Å². The summed E-state index contributed by atoms with van der Waals surface area (Å²) in [6.45, 7) is 0. The van der Waals surface area contributed by atoms with Crippen LogP contribution in [0.4, 0.5) is 0 Å². The van der Waals surface area contributed by atoms with Crippen LogP contribution in [0.5, 0.6) is 0 Å². The van der Waals surface area contributed by atoms with E-state index in [4.69, 9.17) is 23.8 Å². The molecule has 0 spiro atoms. The zero-order chi connectivity index (χ0) is 34.2. The first-order valence-electron chi connectivity index (χ1n) is 17.3. The first kappa shape index (κ1) is 28.7. The molecule has 0 aliphatic rings. The minimum absolute atomic E-state index is 0.566. The molecule has 5 nitrogen and oxygen atoms in total. The Labute approximate surface area is 297 Å². The number of furan rings is 2. The number of nitrogens with zero attached hydrogens (tertiary/aromatic N) is 3. The van der Waals surface area contributed by atoms with Gasteiger partial charge in [0.1, 0.15) is 22.3 Å². The van der Waals surface area contributed by atoms with Gasteiger partial charge in [-0.2, -0.15) is 0 Å².